The summed E-state index contributed by atoms with van der Waals surface area (Å²) in [4.78, 5) is 23.1. The number of hydrogen-bond donors (Lipinski definition) is 0. The molecule has 4 heteroatoms. The van der Waals surface area contributed by atoms with Gasteiger partial charge in [0.05, 0.1) is 5.39 Å². The highest BCUT2D eigenvalue weighted by molar-refractivity contribution is 6.03. The molecule has 0 saturated heterocycles. The molecule has 0 radical (unpaired) electrons. The average molecular weight is 230 g/mol. The van der Waals surface area contributed by atoms with Gasteiger partial charge in [-0.1, -0.05) is 30.9 Å². The molecule has 1 aromatic carbocycles. The van der Waals surface area contributed by atoms with Gasteiger partial charge >= 0.3 is 11.6 Å². The second-order valence-electron chi connectivity index (χ2n) is 3.37. The van der Waals surface area contributed by atoms with Crippen molar-refractivity contribution < 1.29 is 13.9 Å². The van der Waals surface area contributed by atoms with Gasteiger partial charge in [0.2, 0.25) is 0 Å². The first-order valence-corrected chi connectivity index (χ1v) is 5.02. The molecule has 1 heterocycles. The monoisotopic (exact) mass is 230 g/mol. The molecule has 0 bridgehead atoms. The van der Waals surface area contributed by atoms with Crippen molar-refractivity contribution in [2.75, 3.05) is 6.61 Å². The lowest BCUT2D eigenvalue weighted by Crippen LogP contribution is -2.09. The lowest BCUT2D eigenvalue weighted by atomic mass is 10.1. The van der Waals surface area contributed by atoms with E-state index < -0.39 is 11.6 Å². The fourth-order valence-corrected chi connectivity index (χ4v) is 1.51. The lowest BCUT2D eigenvalue weighted by Gasteiger charge is -2.04. The Balaban J connectivity index is 2.55. The Hall–Kier alpha value is -2.36. The maximum atomic E-state index is 11.7. The summed E-state index contributed by atoms with van der Waals surface area (Å²) < 4.78 is 9.70. The molecule has 0 aliphatic heterocycles. The van der Waals surface area contributed by atoms with Crippen molar-refractivity contribution in [1.82, 2.24) is 0 Å². The number of fused-ring (bicyclic) bond motifs is 1. The fraction of sp³-hybridized carbons (Fsp3) is 0.0769. The van der Waals surface area contributed by atoms with Gasteiger partial charge in [-0.2, -0.15) is 0 Å². The molecule has 0 aliphatic carbocycles. The SMILES string of the molecule is C=CCOC(=O)c1coc(=O)c2ccccc12. The zero-order chi connectivity index (χ0) is 12.3. The first-order chi connectivity index (χ1) is 8.24. The van der Waals surface area contributed by atoms with Crippen LogP contribution < -0.4 is 5.63 Å². The summed E-state index contributed by atoms with van der Waals surface area (Å²) >= 11 is 0. The van der Waals surface area contributed by atoms with Gasteiger partial charge in [-0.25, -0.2) is 9.59 Å². The van der Waals surface area contributed by atoms with Crippen LogP contribution in [0.5, 0.6) is 0 Å². The van der Waals surface area contributed by atoms with Crippen molar-refractivity contribution in [2.24, 2.45) is 0 Å². The number of ether oxygens (including phenoxy) is 1. The van der Waals surface area contributed by atoms with E-state index in [1.54, 1.807) is 24.3 Å². The largest absolute Gasteiger partial charge is 0.458 e. The predicted octanol–water partition coefficient (Wildman–Crippen LogP) is 2.14. The molecule has 2 rings (SSSR count). The molecule has 0 aliphatic rings. The Morgan fingerprint density at radius 1 is 1.35 bits per heavy atom. The summed E-state index contributed by atoms with van der Waals surface area (Å²) in [5, 5.41) is 0.887. The molecule has 0 saturated carbocycles. The highest BCUT2D eigenvalue weighted by atomic mass is 16.5. The Bertz CT molecular complexity index is 625. The Morgan fingerprint density at radius 2 is 2.06 bits per heavy atom. The molecule has 0 spiro atoms. The second-order valence-corrected chi connectivity index (χ2v) is 3.37. The summed E-state index contributed by atoms with van der Waals surface area (Å²) in [6.07, 6.45) is 2.59. The highest BCUT2D eigenvalue weighted by Crippen LogP contribution is 2.16. The van der Waals surface area contributed by atoms with Gasteiger partial charge in [0.1, 0.15) is 18.4 Å². The summed E-state index contributed by atoms with van der Waals surface area (Å²) in [7, 11) is 0. The minimum atomic E-state index is -0.537. The predicted molar refractivity (Wildman–Crippen MR) is 63.0 cm³/mol. The van der Waals surface area contributed by atoms with Gasteiger partial charge in [0, 0.05) is 5.39 Å². The summed E-state index contributed by atoms with van der Waals surface area (Å²) in [5.74, 6) is -0.537. The summed E-state index contributed by atoms with van der Waals surface area (Å²) in [6.45, 7) is 3.57. The van der Waals surface area contributed by atoms with Crippen LogP contribution in [0.25, 0.3) is 10.8 Å². The van der Waals surface area contributed by atoms with Crippen molar-refractivity contribution in [3.63, 3.8) is 0 Å². The third-order valence-corrected chi connectivity index (χ3v) is 2.27. The molecular formula is C13H10O4. The second kappa shape index (κ2) is 4.65. The normalized spacial score (nSPS) is 10.1. The van der Waals surface area contributed by atoms with Crippen molar-refractivity contribution in [2.45, 2.75) is 0 Å². The van der Waals surface area contributed by atoms with Gasteiger partial charge in [-0.3, -0.25) is 0 Å². The molecule has 0 N–H and O–H groups in total. The van der Waals surface area contributed by atoms with Crippen LogP contribution in [0.1, 0.15) is 10.4 Å². The number of carbonyl (C=O) groups is 1. The molecule has 0 atom stereocenters. The van der Waals surface area contributed by atoms with Crippen LogP contribution in [0.4, 0.5) is 0 Å². The van der Waals surface area contributed by atoms with E-state index in [4.69, 9.17) is 9.15 Å². The summed E-state index contributed by atoms with van der Waals surface area (Å²) in [6, 6.07) is 6.73. The van der Waals surface area contributed by atoms with Gasteiger partial charge in [-0.05, 0) is 6.07 Å². The molecule has 0 amide bonds. The van der Waals surface area contributed by atoms with Crippen molar-refractivity contribution in [3.8, 4) is 0 Å². The molecular weight excluding hydrogens is 220 g/mol. The molecule has 4 nitrogen and oxygen atoms in total. The lowest BCUT2D eigenvalue weighted by molar-refractivity contribution is 0.0549. The van der Waals surface area contributed by atoms with E-state index >= 15 is 0 Å². The molecule has 0 fully saturated rings. The van der Waals surface area contributed by atoms with E-state index in [2.05, 4.69) is 6.58 Å². The maximum Gasteiger partial charge on any atom is 0.343 e. The molecule has 2 aromatic rings. The number of carbonyl (C=O) groups excluding carboxylic acids is 1. The number of esters is 1. The average Bonchev–Trinajstić information content (AvgIpc) is 2.37. The van der Waals surface area contributed by atoms with Crippen LogP contribution >= 0.6 is 0 Å². The molecule has 86 valence electrons. The van der Waals surface area contributed by atoms with Gasteiger partial charge in [0.15, 0.2) is 0 Å². The van der Waals surface area contributed by atoms with Gasteiger partial charge in [-0.15, -0.1) is 0 Å². The standard InChI is InChI=1S/C13H10O4/c1-2-7-16-13(15)11-8-17-12(14)10-6-4-3-5-9(10)11/h2-6,8H,1,7H2. The first-order valence-electron chi connectivity index (χ1n) is 5.02. The van der Waals surface area contributed by atoms with Crippen molar-refractivity contribution >= 4 is 16.7 Å². The maximum absolute atomic E-state index is 11.7. The zero-order valence-corrected chi connectivity index (χ0v) is 9.01. The molecule has 17 heavy (non-hydrogen) atoms. The topological polar surface area (TPSA) is 56.5 Å². The number of rotatable bonds is 3. The molecule has 0 unspecified atom stereocenters. The van der Waals surface area contributed by atoms with Crippen LogP contribution in [0, 0.1) is 0 Å². The van der Waals surface area contributed by atoms with Gasteiger partial charge < -0.3 is 9.15 Å². The van der Waals surface area contributed by atoms with Gasteiger partial charge in [0.25, 0.3) is 0 Å². The Kier molecular flexibility index (Phi) is 3.05. The van der Waals surface area contributed by atoms with E-state index in [1.807, 2.05) is 0 Å². The quantitative estimate of drug-likeness (QED) is 0.598. The minimum Gasteiger partial charge on any atom is -0.458 e. The summed E-state index contributed by atoms with van der Waals surface area (Å²) in [5.41, 5.74) is -0.233. The highest BCUT2D eigenvalue weighted by Gasteiger charge is 2.13. The number of benzene rings is 1. The third-order valence-electron chi connectivity index (χ3n) is 2.27. The zero-order valence-electron chi connectivity index (χ0n) is 9.01. The Morgan fingerprint density at radius 3 is 2.76 bits per heavy atom. The Labute approximate surface area is 97.1 Å². The van der Waals surface area contributed by atoms with Crippen molar-refractivity contribution in [3.05, 3.63) is 59.2 Å². The van der Waals surface area contributed by atoms with Crippen LogP contribution in [-0.2, 0) is 4.74 Å². The van der Waals surface area contributed by atoms with E-state index in [0.717, 1.165) is 6.26 Å². The van der Waals surface area contributed by atoms with E-state index in [1.165, 1.54) is 6.08 Å². The van der Waals surface area contributed by atoms with E-state index in [9.17, 15) is 9.59 Å². The van der Waals surface area contributed by atoms with Crippen LogP contribution in [0.15, 0.2) is 52.4 Å². The third kappa shape index (κ3) is 2.10. The van der Waals surface area contributed by atoms with Crippen LogP contribution in [0.3, 0.4) is 0 Å². The van der Waals surface area contributed by atoms with Crippen LogP contribution in [0.2, 0.25) is 0 Å². The molecule has 1 aromatic heterocycles. The number of hydrogen-bond acceptors (Lipinski definition) is 4. The fourth-order valence-electron chi connectivity index (χ4n) is 1.51. The minimum absolute atomic E-state index is 0.117. The first kappa shape index (κ1) is 11.1. The van der Waals surface area contributed by atoms with E-state index in [-0.39, 0.29) is 12.2 Å². The smallest absolute Gasteiger partial charge is 0.343 e. The van der Waals surface area contributed by atoms with E-state index in [0.29, 0.717) is 10.8 Å². The van der Waals surface area contributed by atoms with Crippen LogP contribution in [-0.4, -0.2) is 12.6 Å². The van der Waals surface area contributed by atoms with Crippen molar-refractivity contribution in [1.29, 1.82) is 0 Å².